The lowest BCUT2D eigenvalue weighted by atomic mass is 10.0. The monoisotopic (exact) mass is 459 g/mol. The summed E-state index contributed by atoms with van der Waals surface area (Å²) in [4.78, 5) is 10.9. The number of fused-ring (bicyclic) bond motifs is 1. The molecular weight excluding hydrogens is 434 g/mol. The molecule has 1 heterocycles. The third kappa shape index (κ3) is 5.77. The number of aliphatic carboxylic acids is 1. The number of carboxylic acids is 1. The standard InChI is InChI=1S/C24H26ClNO4S/c1-17(2)19-8-3-6-18(14-19)7-5-13-31(29,30)26-22(9-4-10-24(27)28)16-20-15-21(25)11-12-23(20)26/h3,5-8,11-12,14-17H,4,9-10,13H2,1-2H3,(H,27,28). The Bertz CT molecular complexity index is 1230. The van der Waals surface area contributed by atoms with Crippen LogP contribution in [0.3, 0.4) is 0 Å². The molecule has 0 unspecified atom stereocenters. The summed E-state index contributed by atoms with van der Waals surface area (Å²) in [5.74, 6) is -0.680. The Balaban J connectivity index is 1.90. The van der Waals surface area contributed by atoms with E-state index in [2.05, 4.69) is 26.0 Å². The van der Waals surface area contributed by atoms with Gasteiger partial charge in [-0.1, -0.05) is 61.9 Å². The fraction of sp³-hybridized carbons (Fsp3) is 0.292. The zero-order valence-corrected chi connectivity index (χ0v) is 19.2. The maximum absolute atomic E-state index is 13.2. The molecule has 0 saturated carbocycles. The summed E-state index contributed by atoms with van der Waals surface area (Å²) in [6, 6.07) is 14.9. The highest BCUT2D eigenvalue weighted by Crippen LogP contribution is 2.27. The van der Waals surface area contributed by atoms with Crippen molar-refractivity contribution in [3.63, 3.8) is 0 Å². The highest BCUT2D eigenvalue weighted by Gasteiger charge is 2.20. The second-order valence-corrected chi connectivity index (χ2v) is 10.2. The Morgan fingerprint density at radius 3 is 2.65 bits per heavy atom. The van der Waals surface area contributed by atoms with Crippen LogP contribution in [-0.2, 0) is 21.2 Å². The highest BCUT2D eigenvalue weighted by molar-refractivity contribution is 7.90. The Morgan fingerprint density at radius 2 is 1.94 bits per heavy atom. The molecule has 0 aliphatic heterocycles. The molecule has 31 heavy (non-hydrogen) atoms. The predicted octanol–water partition coefficient (Wildman–Crippen LogP) is 5.72. The molecule has 0 spiro atoms. The molecule has 2 aromatic carbocycles. The number of hydrogen-bond acceptors (Lipinski definition) is 3. The summed E-state index contributed by atoms with van der Waals surface area (Å²) >= 11 is 6.08. The van der Waals surface area contributed by atoms with Crippen molar-refractivity contribution in [2.75, 3.05) is 5.75 Å². The predicted molar refractivity (Wildman–Crippen MR) is 126 cm³/mol. The van der Waals surface area contributed by atoms with Crippen LogP contribution in [0.4, 0.5) is 0 Å². The maximum atomic E-state index is 13.2. The summed E-state index contributed by atoms with van der Waals surface area (Å²) in [6.07, 6.45) is 4.15. The van der Waals surface area contributed by atoms with E-state index in [0.717, 1.165) is 10.9 Å². The molecular formula is C24H26ClNO4S. The number of benzene rings is 2. The largest absolute Gasteiger partial charge is 0.481 e. The fourth-order valence-electron chi connectivity index (χ4n) is 3.54. The van der Waals surface area contributed by atoms with Gasteiger partial charge in [0.15, 0.2) is 0 Å². The molecule has 3 aromatic rings. The number of aromatic nitrogens is 1. The highest BCUT2D eigenvalue weighted by atomic mass is 35.5. The molecule has 0 bridgehead atoms. The van der Waals surface area contributed by atoms with E-state index in [1.54, 1.807) is 30.3 Å². The van der Waals surface area contributed by atoms with Crippen molar-refractivity contribution in [2.24, 2.45) is 0 Å². The van der Waals surface area contributed by atoms with E-state index in [0.29, 0.717) is 35.0 Å². The van der Waals surface area contributed by atoms with Crippen molar-refractivity contribution in [2.45, 2.75) is 39.0 Å². The molecule has 0 atom stereocenters. The molecule has 3 rings (SSSR count). The summed E-state index contributed by atoms with van der Waals surface area (Å²) in [6.45, 7) is 4.23. The van der Waals surface area contributed by atoms with E-state index < -0.39 is 16.0 Å². The first kappa shape index (κ1) is 23.1. The van der Waals surface area contributed by atoms with Gasteiger partial charge in [0.1, 0.15) is 0 Å². The van der Waals surface area contributed by atoms with E-state index in [1.165, 1.54) is 9.54 Å². The van der Waals surface area contributed by atoms with Crippen LogP contribution >= 0.6 is 11.6 Å². The van der Waals surface area contributed by atoms with E-state index in [9.17, 15) is 13.2 Å². The first-order valence-corrected chi connectivity index (χ1v) is 12.2. The van der Waals surface area contributed by atoms with Gasteiger partial charge in [0.05, 0.1) is 11.3 Å². The van der Waals surface area contributed by atoms with Gasteiger partial charge < -0.3 is 5.11 Å². The second-order valence-electron chi connectivity index (χ2n) is 7.86. The fourth-order valence-corrected chi connectivity index (χ4v) is 5.18. The van der Waals surface area contributed by atoms with E-state index in [4.69, 9.17) is 16.7 Å². The van der Waals surface area contributed by atoms with Gasteiger partial charge in [-0.2, -0.15) is 0 Å². The zero-order valence-electron chi connectivity index (χ0n) is 17.6. The van der Waals surface area contributed by atoms with Gasteiger partial charge >= 0.3 is 5.97 Å². The van der Waals surface area contributed by atoms with Crippen LogP contribution in [0.25, 0.3) is 17.0 Å². The van der Waals surface area contributed by atoms with Crippen molar-refractivity contribution in [1.29, 1.82) is 0 Å². The molecule has 0 radical (unpaired) electrons. The zero-order chi connectivity index (χ0) is 22.6. The van der Waals surface area contributed by atoms with Crippen LogP contribution in [0.15, 0.2) is 54.6 Å². The summed E-state index contributed by atoms with van der Waals surface area (Å²) < 4.78 is 27.8. The molecule has 1 N–H and O–H groups in total. The smallest absolute Gasteiger partial charge is 0.303 e. The number of rotatable bonds is 9. The van der Waals surface area contributed by atoms with Crippen molar-refractivity contribution in [1.82, 2.24) is 3.97 Å². The molecule has 164 valence electrons. The summed E-state index contributed by atoms with van der Waals surface area (Å²) in [7, 11) is -3.69. The molecule has 0 aliphatic carbocycles. The summed E-state index contributed by atoms with van der Waals surface area (Å²) in [5, 5.41) is 10.2. The Morgan fingerprint density at radius 1 is 1.16 bits per heavy atom. The first-order chi connectivity index (χ1) is 14.7. The Kier molecular flexibility index (Phi) is 7.23. The number of carbonyl (C=O) groups is 1. The number of nitrogens with zero attached hydrogens (tertiary/aromatic N) is 1. The quantitative estimate of drug-likeness (QED) is 0.444. The molecule has 7 heteroatoms. The Hall–Kier alpha value is -2.57. The molecule has 1 aromatic heterocycles. The molecule has 0 aliphatic rings. The minimum absolute atomic E-state index is 0.0194. The van der Waals surface area contributed by atoms with Gasteiger partial charge in [0.2, 0.25) is 10.0 Å². The van der Waals surface area contributed by atoms with Gasteiger partial charge in [-0.3, -0.25) is 4.79 Å². The number of hydrogen-bond donors (Lipinski definition) is 1. The van der Waals surface area contributed by atoms with E-state index in [1.807, 2.05) is 18.2 Å². The molecule has 0 fully saturated rings. The summed E-state index contributed by atoms with van der Waals surface area (Å²) in [5.41, 5.74) is 3.25. The molecule has 0 amide bonds. The number of halogens is 1. The van der Waals surface area contributed by atoms with Crippen LogP contribution < -0.4 is 0 Å². The topological polar surface area (TPSA) is 76.4 Å². The average molecular weight is 460 g/mol. The molecule has 0 saturated heterocycles. The van der Waals surface area contributed by atoms with Crippen LogP contribution in [-0.4, -0.2) is 29.2 Å². The third-order valence-electron chi connectivity index (χ3n) is 5.09. The second kappa shape index (κ2) is 9.71. The minimum atomic E-state index is -3.69. The normalized spacial score (nSPS) is 12.3. The lowest BCUT2D eigenvalue weighted by Gasteiger charge is -2.11. The third-order valence-corrected chi connectivity index (χ3v) is 6.92. The van der Waals surface area contributed by atoms with Crippen LogP contribution in [0.2, 0.25) is 5.02 Å². The molecule has 5 nitrogen and oxygen atoms in total. The lowest BCUT2D eigenvalue weighted by Crippen LogP contribution is -2.18. The van der Waals surface area contributed by atoms with Crippen LogP contribution in [0.5, 0.6) is 0 Å². The first-order valence-electron chi connectivity index (χ1n) is 10.2. The van der Waals surface area contributed by atoms with Crippen molar-refractivity contribution in [3.05, 3.63) is 76.5 Å². The van der Waals surface area contributed by atoms with Gasteiger partial charge in [-0.25, -0.2) is 12.4 Å². The Labute approximate surface area is 188 Å². The number of carboxylic acid groups (broad SMARTS) is 1. The van der Waals surface area contributed by atoms with Crippen molar-refractivity contribution >= 4 is 44.6 Å². The van der Waals surface area contributed by atoms with Gasteiger partial charge in [-0.05, 0) is 54.2 Å². The van der Waals surface area contributed by atoms with Crippen molar-refractivity contribution < 1.29 is 18.3 Å². The van der Waals surface area contributed by atoms with E-state index >= 15 is 0 Å². The van der Waals surface area contributed by atoms with Crippen LogP contribution in [0, 0.1) is 0 Å². The van der Waals surface area contributed by atoms with Crippen molar-refractivity contribution in [3.8, 4) is 0 Å². The number of aryl methyl sites for hydroxylation is 1. The average Bonchev–Trinajstić information content (AvgIpc) is 3.06. The lowest BCUT2D eigenvalue weighted by molar-refractivity contribution is -0.137. The van der Waals surface area contributed by atoms with Gasteiger partial charge in [0, 0.05) is 22.5 Å². The minimum Gasteiger partial charge on any atom is -0.481 e. The SMILES string of the molecule is CC(C)c1cccc(C=CCS(=O)(=O)n2c(CCCC(=O)O)cc3cc(Cl)ccc32)c1. The van der Waals surface area contributed by atoms with Gasteiger partial charge in [0.25, 0.3) is 0 Å². The maximum Gasteiger partial charge on any atom is 0.303 e. The van der Waals surface area contributed by atoms with Gasteiger partial charge in [-0.15, -0.1) is 0 Å². The van der Waals surface area contributed by atoms with E-state index in [-0.39, 0.29) is 12.2 Å². The van der Waals surface area contributed by atoms with Crippen LogP contribution in [0.1, 0.15) is 49.4 Å².